The molecule has 1 aliphatic rings. The Morgan fingerprint density at radius 2 is 1.75 bits per heavy atom. The number of carboxylic acids is 1. The second-order valence-corrected chi connectivity index (χ2v) is 12.3. The minimum atomic E-state index is -1.32. The van der Waals surface area contributed by atoms with E-state index in [1.807, 2.05) is 54.8 Å². The number of pyridine rings is 1. The molecule has 0 saturated carbocycles. The van der Waals surface area contributed by atoms with Crippen LogP contribution >= 0.6 is 0 Å². The molecule has 0 amide bonds. The number of ether oxygens (including phenoxy) is 2. The van der Waals surface area contributed by atoms with E-state index in [1.165, 1.54) is 18.2 Å². The molecule has 0 saturated heterocycles. The summed E-state index contributed by atoms with van der Waals surface area (Å²) < 4.78 is 42.9. The van der Waals surface area contributed by atoms with Gasteiger partial charge in [-0.1, -0.05) is 30.3 Å². The van der Waals surface area contributed by atoms with Crippen LogP contribution in [0.15, 0.2) is 66.9 Å². The van der Waals surface area contributed by atoms with Gasteiger partial charge >= 0.3 is 5.97 Å². The van der Waals surface area contributed by atoms with Crippen LogP contribution in [0.25, 0.3) is 39.3 Å². The zero-order valence-electron chi connectivity index (χ0n) is 25.4. The molecule has 1 unspecified atom stereocenters. The van der Waals surface area contributed by atoms with Gasteiger partial charge in [-0.3, -0.25) is 4.40 Å². The highest BCUT2D eigenvalue weighted by molar-refractivity contribution is 5.83. The van der Waals surface area contributed by atoms with Crippen molar-refractivity contribution in [1.82, 2.24) is 9.38 Å². The van der Waals surface area contributed by atoms with Crippen LogP contribution in [0.4, 0.5) is 8.78 Å². The molecular weight excluding hydrogens is 562 g/mol. The first-order chi connectivity index (χ1) is 20.9. The number of aromatic nitrogens is 2. The zero-order chi connectivity index (χ0) is 31.3. The summed E-state index contributed by atoms with van der Waals surface area (Å²) >= 11 is 0. The summed E-state index contributed by atoms with van der Waals surface area (Å²) in [4.78, 5) is 17.7. The van der Waals surface area contributed by atoms with Crippen LogP contribution in [0.1, 0.15) is 55.5 Å². The molecular formula is C36H34F2N2O4. The first-order valence-electron chi connectivity index (χ1n) is 14.7. The molecule has 1 atom stereocenters. The molecule has 8 heteroatoms. The van der Waals surface area contributed by atoms with E-state index in [0.29, 0.717) is 46.8 Å². The maximum atomic E-state index is 15.6. The van der Waals surface area contributed by atoms with Crippen molar-refractivity contribution >= 4 is 11.6 Å². The number of hydrogen-bond acceptors (Lipinski definition) is 4. The van der Waals surface area contributed by atoms with Gasteiger partial charge in [0.1, 0.15) is 11.5 Å². The van der Waals surface area contributed by atoms with Crippen LogP contribution in [0.5, 0.6) is 5.75 Å². The lowest BCUT2D eigenvalue weighted by Crippen LogP contribution is -2.28. The fourth-order valence-electron chi connectivity index (χ4n) is 6.00. The number of imidazole rings is 1. The summed E-state index contributed by atoms with van der Waals surface area (Å²) in [5, 5.41) is 10.4. The summed E-state index contributed by atoms with van der Waals surface area (Å²) in [6.07, 6.45) is 1.94. The molecule has 2 aromatic heterocycles. The smallest absolute Gasteiger partial charge is 0.337 e. The molecule has 0 aliphatic carbocycles. The Hall–Kier alpha value is -4.56. The first-order valence-corrected chi connectivity index (χ1v) is 14.7. The van der Waals surface area contributed by atoms with Crippen LogP contribution in [-0.4, -0.2) is 32.7 Å². The standard InChI is InChI=1S/C36H34F2N2O4/c1-20-16-30-39-29(24-9-6-8-23(17-24)22-11-13-25(37)14-12-22)19-40(30)32(31(20)34(35(41)42)44-36(3,4)5)27-18-28(38)33-26(21(27)2)10-7-15-43-33/h6,8-9,11-14,16-19,34H,7,10,15H2,1-5H3,(H,41,42). The maximum Gasteiger partial charge on any atom is 0.337 e. The number of carboxylic acid groups (broad SMARTS) is 1. The van der Waals surface area contributed by atoms with E-state index in [9.17, 15) is 14.3 Å². The van der Waals surface area contributed by atoms with E-state index in [2.05, 4.69) is 0 Å². The van der Waals surface area contributed by atoms with E-state index < -0.39 is 23.5 Å². The topological polar surface area (TPSA) is 73.1 Å². The number of aryl methyl sites for hydroxylation is 1. The number of halogens is 2. The molecule has 0 bridgehead atoms. The highest BCUT2D eigenvalue weighted by atomic mass is 19.1. The quantitative estimate of drug-likeness (QED) is 0.213. The Morgan fingerprint density at radius 1 is 1.02 bits per heavy atom. The largest absolute Gasteiger partial charge is 0.490 e. The lowest BCUT2D eigenvalue weighted by Gasteiger charge is -2.29. The average molecular weight is 597 g/mol. The summed E-state index contributed by atoms with van der Waals surface area (Å²) in [7, 11) is 0. The van der Waals surface area contributed by atoms with Gasteiger partial charge in [-0.25, -0.2) is 18.6 Å². The van der Waals surface area contributed by atoms with Gasteiger partial charge in [-0.2, -0.15) is 0 Å². The van der Waals surface area contributed by atoms with Crippen LogP contribution in [0.2, 0.25) is 0 Å². The zero-order valence-corrected chi connectivity index (χ0v) is 25.4. The van der Waals surface area contributed by atoms with Crippen LogP contribution in [-0.2, 0) is 16.0 Å². The number of carbonyl (C=O) groups is 1. The minimum absolute atomic E-state index is 0.257. The lowest BCUT2D eigenvalue weighted by molar-refractivity contribution is -0.160. The predicted octanol–water partition coefficient (Wildman–Crippen LogP) is 8.50. The number of fused-ring (bicyclic) bond motifs is 2. The van der Waals surface area contributed by atoms with Crippen molar-refractivity contribution in [2.24, 2.45) is 0 Å². The monoisotopic (exact) mass is 596 g/mol. The molecule has 6 rings (SSSR count). The Bertz CT molecular complexity index is 1910. The molecule has 1 aliphatic heterocycles. The van der Waals surface area contributed by atoms with E-state index in [4.69, 9.17) is 14.5 Å². The number of aliphatic carboxylic acids is 1. The number of hydrogen-bond donors (Lipinski definition) is 1. The van der Waals surface area contributed by atoms with Crippen molar-refractivity contribution in [2.75, 3.05) is 6.61 Å². The van der Waals surface area contributed by atoms with Crippen LogP contribution in [0, 0.1) is 25.5 Å². The Kier molecular flexibility index (Phi) is 7.49. The lowest BCUT2D eigenvalue weighted by atomic mass is 9.89. The number of benzene rings is 3. The molecule has 44 heavy (non-hydrogen) atoms. The third-order valence-electron chi connectivity index (χ3n) is 7.98. The summed E-state index contributed by atoms with van der Waals surface area (Å²) in [6.45, 7) is 9.62. The van der Waals surface area contributed by atoms with Gasteiger partial charge in [-0.15, -0.1) is 0 Å². The Balaban J connectivity index is 1.62. The van der Waals surface area contributed by atoms with Crippen molar-refractivity contribution in [3.8, 4) is 39.4 Å². The van der Waals surface area contributed by atoms with Gasteiger partial charge in [0.2, 0.25) is 0 Å². The van der Waals surface area contributed by atoms with Crippen molar-refractivity contribution < 1.29 is 28.2 Å². The van der Waals surface area contributed by atoms with Gasteiger partial charge in [-0.05, 0) is 100 Å². The molecule has 0 spiro atoms. The van der Waals surface area contributed by atoms with Gasteiger partial charge in [0.15, 0.2) is 17.7 Å². The molecule has 0 radical (unpaired) electrons. The van der Waals surface area contributed by atoms with Crippen LogP contribution in [0.3, 0.4) is 0 Å². The number of nitrogens with zero attached hydrogens (tertiary/aromatic N) is 2. The van der Waals surface area contributed by atoms with Gasteiger partial charge in [0.25, 0.3) is 0 Å². The average Bonchev–Trinajstić information content (AvgIpc) is 3.41. The number of rotatable bonds is 6. The predicted molar refractivity (Wildman–Crippen MR) is 166 cm³/mol. The molecule has 226 valence electrons. The third kappa shape index (κ3) is 5.46. The van der Waals surface area contributed by atoms with Crippen molar-refractivity contribution in [2.45, 2.75) is 59.2 Å². The van der Waals surface area contributed by atoms with Crippen molar-refractivity contribution in [1.29, 1.82) is 0 Å². The Labute approximate surface area is 254 Å². The molecule has 3 aromatic carbocycles. The van der Waals surface area contributed by atoms with E-state index in [0.717, 1.165) is 34.2 Å². The minimum Gasteiger partial charge on any atom is -0.490 e. The Morgan fingerprint density at radius 3 is 2.45 bits per heavy atom. The first kappa shape index (κ1) is 29.5. The second-order valence-electron chi connectivity index (χ2n) is 12.3. The normalized spacial score (nSPS) is 13.9. The third-order valence-corrected chi connectivity index (χ3v) is 7.98. The van der Waals surface area contributed by atoms with Crippen molar-refractivity contribution in [3.05, 3.63) is 101 Å². The highest BCUT2D eigenvalue weighted by Crippen LogP contribution is 2.42. The molecule has 3 heterocycles. The molecule has 1 N–H and O–H groups in total. The fourth-order valence-corrected chi connectivity index (χ4v) is 6.00. The van der Waals surface area contributed by atoms with E-state index in [1.54, 1.807) is 32.9 Å². The molecule has 6 nitrogen and oxygen atoms in total. The maximum absolute atomic E-state index is 15.6. The summed E-state index contributed by atoms with van der Waals surface area (Å²) in [6, 6.07) is 17.3. The molecule has 0 fully saturated rings. The fraction of sp³-hybridized carbons (Fsp3) is 0.278. The van der Waals surface area contributed by atoms with Crippen LogP contribution < -0.4 is 4.74 Å². The highest BCUT2D eigenvalue weighted by Gasteiger charge is 2.34. The SMILES string of the molecule is Cc1cc2nc(-c3cccc(-c4ccc(F)cc4)c3)cn2c(-c2cc(F)c3c(c2C)CCCO3)c1C(OC(C)(C)C)C(=O)O. The van der Waals surface area contributed by atoms with Crippen molar-refractivity contribution in [3.63, 3.8) is 0 Å². The summed E-state index contributed by atoms with van der Waals surface area (Å²) in [5.41, 5.74) is 6.81. The molecule has 5 aromatic rings. The van der Waals surface area contributed by atoms with E-state index >= 15 is 4.39 Å². The van der Waals surface area contributed by atoms with Gasteiger partial charge < -0.3 is 14.6 Å². The van der Waals surface area contributed by atoms with Gasteiger partial charge in [0, 0.05) is 28.5 Å². The summed E-state index contributed by atoms with van der Waals surface area (Å²) in [5.74, 6) is -1.68. The second kappa shape index (κ2) is 11.2. The van der Waals surface area contributed by atoms with E-state index in [-0.39, 0.29) is 11.6 Å². The van der Waals surface area contributed by atoms with Gasteiger partial charge in [0.05, 0.1) is 23.6 Å².